The lowest BCUT2D eigenvalue weighted by Crippen LogP contribution is -2.37. The van der Waals surface area contributed by atoms with E-state index >= 15 is 0 Å². The Hall–Kier alpha value is -1.13. The van der Waals surface area contributed by atoms with Crippen molar-refractivity contribution >= 4 is 11.9 Å². The summed E-state index contributed by atoms with van der Waals surface area (Å²) >= 11 is 0. The van der Waals surface area contributed by atoms with Gasteiger partial charge in [0.15, 0.2) is 0 Å². The molecule has 1 amide bonds. The summed E-state index contributed by atoms with van der Waals surface area (Å²) < 4.78 is 13.3. The minimum absolute atomic E-state index is 0.0174. The van der Waals surface area contributed by atoms with Crippen LogP contribution in [0.3, 0.4) is 0 Å². The zero-order valence-electron chi connectivity index (χ0n) is 10.6. The first-order valence-electron chi connectivity index (χ1n) is 6.64. The lowest BCUT2D eigenvalue weighted by Gasteiger charge is -2.27. The number of rotatable bonds is 2. The Kier molecular flexibility index (Phi) is 3.88. The molecule has 2 aliphatic rings. The topological polar surface area (TPSA) is 57.6 Å². The molecular weight excluding hydrogens is 237 g/mol. The van der Waals surface area contributed by atoms with Crippen molar-refractivity contribution < 1.29 is 19.1 Å². The minimum atomic E-state index is -0.872. The van der Waals surface area contributed by atoms with Crippen molar-refractivity contribution in [3.8, 4) is 0 Å². The average Bonchev–Trinajstić information content (AvgIpc) is 2.70. The second kappa shape index (κ2) is 5.24. The van der Waals surface area contributed by atoms with Gasteiger partial charge in [-0.1, -0.05) is 6.92 Å². The molecule has 1 heterocycles. The Bertz CT molecular complexity index is 347. The molecule has 2 rings (SSSR count). The zero-order valence-corrected chi connectivity index (χ0v) is 10.6. The number of carbonyl (C=O) groups is 2. The van der Waals surface area contributed by atoms with E-state index in [2.05, 4.69) is 0 Å². The number of amides is 1. The van der Waals surface area contributed by atoms with Gasteiger partial charge in [-0.2, -0.15) is 0 Å². The number of halogens is 1. The second-order valence-electron chi connectivity index (χ2n) is 5.63. The number of aliphatic carboxylic acids is 1. The van der Waals surface area contributed by atoms with Crippen LogP contribution in [0.15, 0.2) is 0 Å². The van der Waals surface area contributed by atoms with E-state index in [1.54, 1.807) is 4.90 Å². The highest BCUT2D eigenvalue weighted by molar-refractivity contribution is 5.81. The van der Waals surface area contributed by atoms with Gasteiger partial charge < -0.3 is 10.0 Å². The van der Waals surface area contributed by atoms with Crippen LogP contribution in [0.1, 0.15) is 32.6 Å². The molecule has 0 aromatic heterocycles. The van der Waals surface area contributed by atoms with Crippen LogP contribution < -0.4 is 0 Å². The molecule has 1 aliphatic heterocycles. The largest absolute Gasteiger partial charge is 0.481 e. The summed E-state index contributed by atoms with van der Waals surface area (Å²) in [5, 5.41) is 9.04. The molecule has 0 aromatic carbocycles. The maximum atomic E-state index is 13.3. The highest BCUT2D eigenvalue weighted by atomic mass is 19.1. The summed E-state index contributed by atoms with van der Waals surface area (Å²) in [6.45, 7) is 2.62. The molecule has 1 saturated heterocycles. The zero-order chi connectivity index (χ0) is 13.3. The van der Waals surface area contributed by atoms with Gasteiger partial charge in [-0.25, -0.2) is 4.39 Å². The molecule has 1 N–H and O–H groups in total. The smallest absolute Gasteiger partial charge is 0.308 e. The second-order valence-corrected chi connectivity index (χ2v) is 5.63. The van der Waals surface area contributed by atoms with E-state index in [0.717, 1.165) is 12.8 Å². The van der Waals surface area contributed by atoms with Crippen molar-refractivity contribution in [2.45, 2.75) is 38.8 Å². The van der Waals surface area contributed by atoms with Gasteiger partial charge in [0.25, 0.3) is 0 Å². The predicted molar refractivity (Wildman–Crippen MR) is 63.7 cm³/mol. The van der Waals surface area contributed by atoms with Gasteiger partial charge in [0.05, 0.1) is 5.92 Å². The summed E-state index contributed by atoms with van der Waals surface area (Å²) in [5.41, 5.74) is 0. The fourth-order valence-electron chi connectivity index (χ4n) is 3.08. The number of alkyl halides is 1. The number of carbonyl (C=O) groups excluding carboxylic acids is 1. The van der Waals surface area contributed by atoms with Crippen LogP contribution in [0.25, 0.3) is 0 Å². The average molecular weight is 257 g/mol. The number of hydrogen-bond donors (Lipinski definition) is 1. The standard InChI is InChI=1S/C13H20FNO3/c1-8-6-15(7-11(8)13(17)18)12(16)9-3-2-4-10(14)5-9/h8-11H,2-7H2,1H3,(H,17,18)/t8-,9?,10?,11-/m1/s1. The third-order valence-electron chi connectivity index (χ3n) is 4.20. The molecule has 0 radical (unpaired) electrons. The van der Waals surface area contributed by atoms with E-state index in [9.17, 15) is 14.0 Å². The third-order valence-corrected chi connectivity index (χ3v) is 4.20. The summed E-state index contributed by atoms with van der Waals surface area (Å²) in [5.74, 6) is -1.62. The normalized spacial score (nSPS) is 36.7. The fraction of sp³-hybridized carbons (Fsp3) is 0.846. The SMILES string of the molecule is C[C@@H]1CN(C(=O)C2CCCC(F)C2)C[C@H]1C(=O)O. The van der Waals surface area contributed by atoms with Crippen molar-refractivity contribution in [3.05, 3.63) is 0 Å². The fourth-order valence-corrected chi connectivity index (χ4v) is 3.08. The van der Waals surface area contributed by atoms with Crippen LogP contribution in [-0.2, 0) is 9.59 Å². The molecule has 2 unspecified atom stereocenters. The number of hydrogen-bond acceptors (Lipinski definition) is 2. The summed E-state index contributed by atoms with van der Waals surface area (Å²) in [6.07, 6.45) is 1.48. The van der Waals surface area contributed by atoms with Crippen LogP contribution in [0.5, 0.6) is 0 Å². The predicted octanol–water partition coefficient (Wildman–Crippen LogP) is 1.69. The Morgan fingerprint density at radius 3 is 2.56 bits per heavy atom. The highest BCUT2D eigenvalue weighted by Crippen LogP contribution is 2.31. The van der Waals surface area contributed by atoms with E-state index in [1.165, 1.54) is 0 Å². The first-order chi connectivity index (χ1) is 8.49. The molecule has 18 heavy (non-hydrogen) atoms. The van der Waals surface area contributed by atoms with Crippen molar-refractivity contribution in [3.63, 3.8) is 0 Å². The Labute approximate surface area is 106 Å². The van der Waals surface area contributed by atoms with Gasteiger partial charge in [0.2, 0.25) is 5.91 Å². The van der Waals surface area contributed by atoms with Crippen molar-refractivity contribution in [1.82, 2.24) is 4.90 Å². The summed E-state index contributed by atoms with van der Waals surface area (Å²) in [4.78, 5) is 24.9. The number of nitrogens with zero attached hydrogens (tertiary/aromatic N) is 1. The molecule has 4 nitrogen and oxygen atoms in total. The summed E-state index contributed by atoms with van der Waals surface area (Å²) in [7, 11) is 0. The molecule has 1 aliphatic carbocycles. The van der Waals surface area contributed by atoms with Gasteiger partial charge in [-0.15, -0.1) is 0 Å². The quantitative estimate of drug-likeness (QED) is 0.819. The van der Waals surface area contributed by atoms with E-state index < -0.39 is 18.1 Å². The van der Waals surface area contributed by atoms with Crippen LogP contribution >= 0.6 is 0 Å². The molecule has 0 spiro atoms. The van der Waals surface area contributed by atoms with Gasteiger partial charge in [-0.3, -0.25) is 9.59 Å². The number of carboxylic acids is 1. The van der Waals surface area contributed by atoms with Gasteiger partial charge in [-0.05, 0) is 31.6 Å². The number of likely N-dealkylation sites (tertiary alicyclic amines) is 1. The van der Waals surface area contributed by atoms with Gasteiger partial charge in [0, 0.05) is 19.0 Å². The first kappa shape index (κ1) is 13.3. The lowest BCUT2D eigenvalue weighted by molar-refractivity contribution is -0.142. The van der Waals surface area contributed by atoms with E-state index in [0.29, 0.717) is 19.4 Å². The van der Waals surface area contributed by atoms with E-state index in [4.69, 9.17) is 5.11 Å². The van der Waals surface area contributed by atoms with Crippen molar-refractivity contribution in [1.29, 1.82) is 0 Å². The van der Waals surface area contributed by atoms with Crippen LogP contribution in [0, 0.1) is 17.8 Å². The third kappa shape index (κ3) is 2.65. The van der Waals surface area contributed by atoms with Crippen LogP contribution in [0.2, 0.25) is 0 Å². The molecule has 1 saturated carbocycles. The van der Waals surface area contributed by atoms with Crippen LogP contribution in [0.4, 0.5) is 4.39 Å². The first-order valence-corrected chi connectivity index (χ1v) is 6.64. The van der Waals surface area contributed by atoms with Crippen LogP contribution in [-0.4, -0.2) is 41.1 Å². The molecule has 0 bridgehead atoms. The Balaban J connectivity index is 1.96. The molecular formula is C13H20FNO3. The lowest BCUT2D eigenvalue weighted by atomic mass is 9.87. The monoisotopic (exact) mass is 257 g/mol. The van der Waals surface area contributed by atoms with Crippen molar-refractivity contribution in [2.75, 3.05) is 13.1 Å². The summed E-state index contributed by atoms with van der Waals surface area (Å²) in [6, 6.07) is 0. The van der Waals surface area contributed by atoms with E-state index in [1.807, 2.05) is 6.92 Å². The van der Waals surface area contributed by atoms with E-state index in [-0.39, 0.29) is 24.3 Å². The Morgan fingerprint density at radius 1 is 1.28 bits per heavy atom. The molecule has 0 aromatic rings. The maximum absolute atomic E-state index is 13.3. The molecule has 4 atom stereocenters. The number of carboxylic acid groups (broad SMARTS) is 1. The molecule has 5 heteroatoms. The molecule has 102 valence electrons. The maximum Gasteiger partial charge on any atom is 0.308 e. The highest BCUT2D eigenvalue weighted by Gasteiger charge is 2.39. The van der Waals surface area contributed by atoms with Gasteiger partial charge >= 0.3 is 5.97 Å². The Morgan fingerprint density at radius 2 is 2.00 bits per heavy atom. The van der Waals surface area contributed by atoms with Gasteiger partial charge in [0.1, 0.15) is 6.17 Å². The minimum Gasteiger partial charge on any atom is -0.481 e. The van der Waals surface area contributed by atoms with Crippen molar-refractivity contribution in [2.24, 2.45) is 17.8 Å². The molecule has 2 fully saturated rings.